The van der Waals surface area contributed by atoms with Crippen molar-refractivity contribution < 1.29 is 22.7 Å². The Morgan fingerprint density at radius 1 is 0.951 bits per heavy atom. The average molecular weight is 641 g/mol. The maximum absolute atomic E-state index is 14.1. The quantitative estimate of drug-likeness (QED) is 0.258. The number of rotatable bonds is 12. The lowest BCUT2D eigenvalue weighted by Crippen LogP contribution is -2.52. The van der Waals surface area contributed by atoms with Gasteiger partial charge in [0.05, 0.1) is 22.7 Å². The van der Waals surface area contributed by atoms with Crippen LogP contribution in [0.25, 0.3) is 0 Å². The topological polar surface area (TPSA) is 96.0 Å². The minimum atomic E-state index is -4.25. The molecular weight excluding hydrogens is 609 g/mol. The van der Waals surface area contributed by atoms with Crippen LogP contribution in [0.1, 0.15) is 31.4 Å². The average Bonchev–Trinajstić information content (AvgIpc) is 2.93. The van der Waals surface area contributed by atoms with Crippen LogP contribution in [0.15, 0.2) is 65.6 Å². The zero-order chi connectivity index (χ0) is 30.3. The first kappa shape index (κ1) is 32.5. The van der Waals surface area contributed by atoms with Crippen LogP contribution in [0.5, 0.6) is 5.75 Å². The van der Waals surface area contributed by atoms with Gasteiger partial charge in [0.1, 0.15) is 18.3 Å². The van der Waals surface area contributed by atoms with Gasteiger partial charge in [0.25, 0.3) is 10.0 Å². The number of sulfonamides is 1. The second-order valence-electron chi connectivity index (χ2n) is 9.18. The van der Waals surface area contributed by atoms with Gasteiger partial charge >= 0.3 is 0 Å². The molecule has 0 radical (unpaired) electrons. The molecule has 3 aromatic carbocycles. The molecule has 0 fully saturated rings. The van der Waals surface area contributed by atoms with E-state index in [9.17, 15) is 18.0 Å². The summed E-state index contributed by atoms with van der Waals surface area (Å²) in [6, 6.07) is 14.7. The smallest absolute Gasteiger partial charge is 0.264 e. The number of ether oxygens (including phenoxy) is 1. The summed E-state index contributed by atoms with van der Waals surface area (Å²) in [6.45, 7) is 4.97. The molecule has 0 aromatic heterocycles. The van der Waals surface area contributed by atoms with E-state index in [2.05, 4.69) is 5.32 Å². The number of hydrogen-bond donors (Lipinski definition) is 1. The number of nitrogens with one attached hydrogen (secondary N) is 1. The predicted octanol–water partition coefficient (Wildman–Crippen LogP) is 6.10. The lowest BCUT2D eigenvalue weighted by atomic mass is 10.1. The van der Waals surface area contributed by atoms with Crippen LogP contribution in [0.2, 0.25) is 15.1 Å². The number of methoxy groups -OCH3 is 1. The highest BCUT2D eigenvalue weighted by Gasteiger charge is 2.34. The molecule has 0 bridgehead atoms. The largest absolute Gasteiger partial charge is 0.495 e. The van der Waals surface area contributed by atoms with E-state index in [1.165, 1.54) is 42.3 Å². The van der Waals surface area contributed by atoms with Gasteiger partial charge in [-0.05, 0) is 62.7 Å². The van der Waals surface area contributed by atoms with E-state index in [-0.39, 0.29) is 34.5 Å². The fourth-order valence-electron chi connectivity index (χ4n) is 4.24. The lowest BCUT2D eigenvalue weighted by Gasteiger charge is -2.33. The summed E-state index contributed by atoms with van der Waals surface area (Å²) in [6.07, 6.45) is 0.263. The first-order valence-electron chi connectivity index (χ1n) is 12.9. The number of nitrogens with zero attached hydrogens (tertiary/aromatic N) is 2. The van der Waals surface area contributed by atoms with Crippen molar-refractivity contribution in [1.29, 1.82) is 0 Å². The standard InChI is InChI=1S/C29H32Cl3N3O5S/c1-5-26(29(37)33-6-2)34(17-22-23(30)8-7-9-24(22)31)28(36)18-35(20-12-15-27(40-4)25(32)16-20)41(38,39)21-13-10-19(3)11-14-21/h7-16,26H,5-6,17-18H2,1-4H3,(H,33,37). The monoisotopic (exact) mass is 639 g/mol. The Kier molecular flexibility index (Phi) is 11.3. The van der Waals surface area contributed by atoms with Crippen LogP contribution >= 0.6 is 34.8 Å². The summed E-state index contributed by atoms with van der Waals surface area (Å²) in [4.78, 5) is 28.5. The Labute approximate surface area is 256 Å². The minimum Gasteiger partial charge on any atom is -0.495 e. The van der Waals surface area contributed by atoms with Crippen LogP contribution < -0.4 is 14.4 Å². The number of aryl methyl sites for hydroxylation is 1. The van der Waals surface area contributed by atoms with Crippen molar-refractivity contribution in [3.63, 3.8) is 0 Å². The SMILES string of the molecule is CCNC(=O)C(CC)N(Cc1c(Cl)cccc1Cl)C(=O)CN(c1ccc(OC)c(Cl)c1)S(=O)(=O)c1ccc(C)cc1. The molecule has 1 N–H and O–H groups in total. The van der Waals surface area contributed by atoms with E-state index < -0.39 is 28.5 Å². The van der Waals surface area contributed by atoms with Crippen molar-refractivity contribution in [2.75, 3.05) is 24.5 Å². The molecule has 41 heavy (non-hydrogen) atoms. The van der Waals surface area contributed by atoms with Crippen LogP contribution in [0.4, 0.5) is 5.69 Å². The van der Waals surface area contributed by atoms with E-state index >= 15 is 0 Å². The van der Waals surface area contributed by atoms with Crippen molar-refractivity contribution in [3.8, 4) is 5.75 Å². The van der Waals surface area contributed by atoms with Gasteiger partial charge < -0.3 is 15.0 Å². The van der Waals surface area contributed by atoms with Gasteiger partial charge in [0.2, 0.25) is 11.8 Å². The Bertz CT molecular complexity index is 1480. The van der Waals surface area contributed by atoms with Gasteiger partial charge in [0, 0.05) is 28.7 Å². The number of hydrogen-bond acceptors (Lipinski definition) is 5. The van der Waals surface area contributed by atoms with E-state index in [0.717, 1.165) is 9.87 Å². The maximum atomic E-state index is 14.1. The number of anilines is 1. The number of carbonyl (C=O) groups is 2. The van der Waals surface area contributed by atoms with Gasteiger partial charge in [-0.2, -0.15) is 0 Å². The molecule has 0 aliphatic carbocycles. The lowest BCUT2D eigenvalue weighted by molar-refractivity contribution is -0.140. The third-order valence-electron chi connectivity index (χ3n) is 6.44. The summed E-state index contributed by atoms with van der Waals surface area (Å²) in [5.74, 6) is -0.680. The molecule has 0 aliphatic heterocycles. The molecule has 3 rings (SSSR count). The van der Waals surface area contributed by atoms with Crippen molar-refractivity contribution >= 4 is 62.3 Å². The van der Waals surface area contributed by atoms with Crippen LogP contribution in [0, 0.1) is 6.92 Å². The first-order chi connectivity index (χ1) is 19.4. The highest BCUT2D eigenvalue weighted by Crippen LogP contribution is 2.33. The molecule has 8 nitrogen and oxygen atoms in total. The Morgan fingerprint density at radius 3 is 2.12 bits per heavy atom. The third kappa shape index (κ3) is 7.65. The summed E-state index contributed by atoms with van der Waals surface area (Å²) in [7, 11) is -2.81. The number of halogens is 3. The molecule has 0 saturated heterocycles. The van der Waals surface area contributed by atoms with E-state index in [0.29, 0.717) is 27.9 Å². The van der Waals surface area contributed by atoms with Crippen molar-refractivity contribution in [2.45, 2.75) is 44.7 Å². The first-order valence-corrected chi connectivity index (χ1v) is 15.4. The molecule has 0 heterocycles. The van der Waals surface area contributed by atoms with E-state index in [4.69, 9.17) is 39.5 Å². The molecule has 12 heteroatoms. The molecule has 2 amide bonds. The van der Waals surface area contributed by atoms with Crippen molar-refractivity contribution in [3.05, 3.63) is 86.9 Å². The van der Waals surface area contributed by atoms with Gasteiger partial charge in [-0.25, -0.2) is 8.42 Å². The minimum absolute atomic E-state index is 0.0145. The van der Waals surface area contributed by atoms with Gasteiger partial charge in [-0.1, -0.05) is 65.5 Å². The third-order valence-corrected chi connectivity index (χ3v) is 9.23. The molecule has 1 unspecified atom stereocenters. The second kappa shape index (κ2) is 14.3. The molecular formula is C29H32Cl3N3O5S. The van der Waals surface area contributed by atoms with Crippen molar-refractivity contribution in [1.82, 2.24) is 10.2 Å². The molecule has 3 aromatic rings. The highest BCUT2D eigenvalue weighted by molar-refractivity contribution is 7.92. The maximum Gasteiger partial charge on any atom is 0.264 e. The number of likely N-dealkylation sites (N-methyl/N-ethyl adjacent to an activating group) is 1. The van der Waals surface area contributed by atoms with Gasteiger partial charge in [0.15, 0.2) is 0 Å². The fourth-order valence-corrected chi connectivity index (χ4v) is 6.42. The van der Waals surface area contributed by atoms with Gasteiger partial charge in [-0.15, -0.1) is 0 Å². The van der Waals surface area contributed by atoms with Crippen LogP contribution in [-0.2, 0) is 26.2 Å². The normalized spacial score (nSPS) is 12.0. The molecule has 220 valence electrons. The Hall–Kier alpha value is -2.98. The van der Waals surface area contributed by atoms with Crippen LogP contribution in [-0.4, -0.2) is 51.4 Å². The number of amides is 2. The van der Waals surface area contributed by atoms with Crippen LogP contribution in [0.3, 0.4) is 0 Å². The molecule has 0 spiro atoms. The summed E-state index contributed by atoms with van der Waals surface area (Å²) in [5.41, 5.74) is 1.45. The van der Waals surface area contributed by atoms with E-state index in [1.807, 2.05) is 6.92 Å². The summed E-state index contributed by atoms with van der Waals surface area (Å²) in [5, 5.41) is 3.54. The zero-order valence-electron chi connectivity index (χ0n) is 23.2. The molecule has 1 atom stereocenters. The number of carbonyl (C=O) groups excluding carboxylic acids is 2. The zero-order valence-corrected chi connectivity index (χ0v) is 26.2. The Balaban J connectivity index is 2.13. The van der Waals surface area contributed by atoms with Crippen molar-refractivity contribution in [2.24, 2.45) is 0 Å². The number of benzene rings is 3. The highest BCUT2D eigenvalue weighted by atomic mass is 35.5. The van der Waals surface area contributed by atoms with Gasteiger partial charge in [-0.3, -0.25) is 13.9 Å². The summed E-state index contributed by atoms with van der Waals surface area (Å²) < 4.78 is 34.1. The predicted molar refractivity (Wildman–Crippen MR) is 163 cm³/mol. The Morgan fingerprint density at radius 2 is 1.59 bits per heavy atom. The summed E-state index contributed by atoms with van der Waals surface area (Å²) >= 11 is 19.2. The molecule has 0 saturated carbocycles. The second-order valence-corrected chi connectivity index (χ2v) is 12.3. The fraction of sp³-hybridized carbons (Fsp3) is 0.310. The molecule has 0 aliphatic rings. The van der Waals surface area contributed by atoms with E-state index in [1.54, 1.807) is 44.2 Å².